The Labute approximate surface area is 422 Å². The minimum atomic E-state index is -1.10. The van der Waals surface area contributed by atoms with Crippen LogP contribution in [0.15, 0.2) is 48.6 Å². The van der Waals surface area contributed by atoms with Crippen LogP contribution < -0.4 is 32.9 Å². The predicted molar refractivity (Wildman–Crippen MR) is 261 cm³/mol. The maximum Gasteiger partial charge on any atom is 0.417 e. The molecule has 9 rings (SSSR count). The van der Waals surface area contributed by atoms with E-state index in [0.29, 0.717) is 11.8 Å². The first-order chi connectivity index (χ1) is 32.7. The van der Waals surface area contributed by atoms with E-state index in [-0.39, 0.29) is 83.4 Å². The molecular formula is C52H78N6O14. The molecule has 1 aliphatic heterocycles. The molecule has 5 fully saturated rings. The number of alkyl carbamates (subject to hydrolysis) is 3. The molecule has 0 aromatic rings. The number of likely N-dealkylation sites (tertiary alicyclic amines) is 1. The van der Waals surface area contributed by atoms with E-state index < -0.39 is 76.6 Å². The molecule has 1 unspecified atom stereocenters. The molecule has 20 nitrogen and oxygen atoms in total. The largest absolute Gasteiger partial charge is 0.550 e. The summed E-state index contributed by atoms with van der Waals surface area (Å²) in [4.78, 5) is 94.2. The molecule has 0 radical (unpaired) electrons. The van der Waals surface area contributed by atoms with Crippen molar-refractivity contribution in [1.82, 2.24) is 27.0 Å². The first kappa shape index (κ1) is 57.0. The van der Waals surface area contributed by atoms with Crippen molar-refractivity contribution in [3.8, 4) is 0 Å². The van der Waals surface area contributed by atoms with Crippen LogP contribution in [0.1, 0.15) is 109 Å². The highest BCUT2D eigenvalue weighted by Crippen LogP contribution is 2.53. The molecule has 0 aromatic heterocycles. The fourth-order valence-corrected chi connectivity index (χ4v) is 11.7. The number of fused-ring (bicyclic) bond motifs is 11. The zero-order chi connectivity index (χ0) is 52.9. The second-order valence-corrected chi connectivity index (χ2v) is 24.2. The summed E-state index contributed by atoms with van der Waals surface area (Å²) in [5.74, 6) is -2.56. The standard InChI is InChI=1S/C13H20N2O3.2C13H19NO4.C13H17NO3.H3N/c1-13(2,3)18-12(17)15-10-8-5-4-7(6-8)9(10)11(14)16;2*1-13(2,3)18-12(17)14-10-8-5-4-7(6-8)9(10)11(15)16;1-13(2,3)17-12(16)14-10-8-5-4-7(6-8)9(10)11(14)15;/h4-5,7-10H,6H2,1-3H3,(H2,14,16)(H,15,17);2*4-5,7-10H,6H2,1-3H3,(H,14,17)(H,15,16);4-5,7-10H,6H2,1-3H3;1H3/t7-,8+,9?,10-;3*7-,8+,9+,10-;/m1001./s1. The van der Waals surface area contributed by atoms with E-state index in [0.717, 1.165) is 25.7 Å². The maximum absolute atomic E-state index is 12.0. The van der Waals surface area contributed by atoms with Gasteiger partial charge in [-0.1, -0.05) is 48.6 Å². The number of β-lactam (4-membered cyclic amide) rings is 1. The van der Waals surface area contributed by atoms with Crippen LogP contribution in [0.4, 0.5) is 19.2 Å². The molecule has 9 aliphatic rings. The van der Waals surface area contributed by atoms with Gasteiger partial charge in [-0.25, -0.2) is 24.1 Å². The first-order valence-electron chi connectivity index (χ1n) is 24.7. The van der Waals surface area contributed by atoms with Gasteiger partial charge in [0.1, 0.15) is 22.4 Å². The third-order valence-corrected chi connectivity index (χ3v) is 14.1. The summed E-state index contributed by atoms with van der Waals surface area (Å²) >= 11 is 0. The third kappa shape index (κ3) is 13.4. The van der Waals surface area contributed by atoms with Gasteiger partial charge in [-0.05, 0) is 156 Å². The van der Waals surface area contributed by atoms with Crippen molar-refractivity contribution in [3.63, 3.8) is 0 Å². The fourth-order valence-electron chi connectivity index (χ4n) is 11.7. The number of carboxylic acid groups (broad SMARTS) is 2. The predicted octanol–water partition coefficient (Wildman–Crippen LogP) is 5.76. The minimum absolute atomic E-state index is 0. The number of primary amides is 1. The van der Waals surface area contributed by atoms with Gasteiger partial charge in [0, 0.05) is 17.9 Å². The van der Waals surface area contributed by atoms with Crippen molar-refractivity contribution < 1.29 is 67.5 Å². The molecule has 16 atom stereocenters. The molecule has 8 bridgehead atoms. The van der Waals surface area contributed by atoms with Gasteiger partial charge < -0.3 is 61.8 Å². The first-order valence-corrected chi connectivity index (χ1v) is 24.7. The normalized spacial score (nSPS) is 34.1. The molecule has 4 saturated carbocycles. The molecule has 0 aromatic carbocycles. The van der Waals surface area contributed by atoms with Crippen molar-refractivity contribution in [2.45, 2.75) is 155 Å². The van der Waals surface area contributed by atoms with Crippen LogP contribution in [0.2, 0.25) is 0 Å². The molecule has 8 aliphatic carbocycles. The Morgan fingerprint density at radius 1 is 0.528 bits per heavy atom. The number of allylic oxidation sites excluding steroid dienone is 4. The van der Waals surface area contributed by atoms with Crippen LogP contribution in [-0.2, 0) is 38.1 Å². The van der Waals surface area contributed by atoms with E-state index in [1.165, 1.54) is 4.90 Å². The Bertz CT molecular complexity index is 2050. The lowest BCUT2D eigenvalue weighted by atomic mass is 9.80. The van der Waals surface area contributed by atoms with Crippen molar-refractivity contribution in [1.29, 1.82) is 0 Å². The van der Waals surface area contributed by atoms with E-state index in [1.807, 2.05) is 57.2 Å². The lowest BCUT2D eigenvalue weighted by Gasteiger charge is -2.46. The number of nitrogens with zero attached hydrogens (tertiary/aromatic N) is 1. The quantitative estimate of drug-likeness (QED) is 0.105. The van der Waals surface area contributed by atoms with Crippen molar-refractivity contribution in [2.75, 3.05) is 0 Å². The number of hydrogen-bond acceptors (Lipinski definition) is 13. The maximum atomic E-state index is 12.0. The number of carbonyl (C=O) groups is 8. The highest BCUT2D eigenvalue weighted by molar-refractivity contribution is 6.00. The lowest BCUT2D eigenvalue weighted by Crippen LogP contribution is -2.65. The molecule has 72 heavy (non-hydrogen) atoms. The van der Waals surface area contributed by atoms with Gasteiger partial charge in [0.25, 0.3) is 0 Å². The van der Waals surface area contributed by atoms with Gasteiger partial charge in [0.05, 0.1) is 35.9 Å². The highest BCUT2D eigenvalue weighted by atomic mass is 16.6. The van der Waals surface area contributed by atoms with Gasteiger partial charge in [-0.15, -0.1) is 0 Å². The number of quaternary nitrogens is 1. The summed E-state index contributed by atoms with van der Waals surface area (Å²) in [7, 11) is 0. The van der Waals surface area contributed by atoms with Gasteiger partial charge in [0.15, 0.2) is 0 Å². The second kappa shape index (κ2) is 21.3. The van der Waals surface area contributed by atoms with E-state index in [9.17, 15) is 48.6 Å². The Morgan fingerprint density at radius 3 is 1.22 bits per heavy atom. The fraction of sp³-hybridized carbons (Fsp3) is 0.692. The zero-order valence-electron chi connectivity index (χ0n) is 44.0. The molecule has 10 N–H and O–H groups in total. The minimum Gasteiger partial charge on any atom is -0.550 e. The third-order valence-electron chi connectivity index (χ3n) is 14.1. The summed E-state index contributed by atoms with van der Waals surface area (Å²) in [6.07, 6.45) is 17.5. The van der Waals surface area contributed by atoms with Gasteiger partial charge in [-0.2, -0.15) is 0 Å². The smallest absolute Gasteiger partial charge is 0.417 e. The molecule has 6 amide bonds. The summed E-state index contributed by atoms with van der Waals surface area (Å²) in [6.45, 7) is 21.5. The number of hydrogen-bond donors (Lipinski definition) is 6. The average Bonchev–Trinajstić information content (AvgIpc) is 4.06. The van der Waals surface area contributed by atoms with Gasteiger partial charge in [-0.3, -0.25) is 14.4 Å². The SMILES string of the molecule is CC(C)(C)OC(=O)N1C(=O)[C@@H]2[C@H]1[C@H]1C=C[C@@H]2C1.CC(C)(C)OC(=O)N[C@@H]1[C@H](C(=O)O)[C@H]2C=C[C@@H]1C2.CC(C)(C)OC(=O)N[C@@H]1[C@H](C(=O)[O-])[C@H]2C=C[C@@H]1C2.CC(C)(C)OC(=O)N[C@H]1C(C(N)=O)[C@@H]2C=C[C@H]1C2.[NH4+]. The van der Waals surface area contributed by atoms with Crippen LogP contribution in [0.3, 0.4) is 0 Å². The van der Waals surface area contributed by atoms with Crippen LogP contribution >= 0.6 is 0 Å². The van der Waals surface area contributed by atoms with Crippen molar-refractivity contribution in [3.05, 3.63) is 48.6 Å². The van der Waals surface area contributed by atoms with Crippen LogP contribution in [0, 0.1) is 71.0 Å². The Hall–Kier alpha value is -5.92. The van der Waals surface area contributed by atoms with E-state index in [2.05, 4.69) is 28.1 Å². The van der Waals surface area contributed by atoms with E-state index >= 15 is 0 Å². The van der Waals surface area contributed by atoms with Crippen LogP contribution in [-0.4, -0.2) is 105 Å². The van der Waals surface area contributed by atoms with Crippen molar-refractivity contribution >= 4 is 48.1 Å². The lowest BCUT2D eigenvalue weighted by molar-refractivity contribution is -0.313. The molecule has 20 heteroatoms. The number of aliphatic carboxylic acids is 2. The summed E-state index contributed by atoms with van der Waals surface area (Å²) in [5, 5.41) is 28.5. The van der Waals surface area contributed by atoms with Crippen LogP contribution in [0.5, 0.6) is 0 Å². The number of carboxylic acids is 2. The number of imide groups is 1. The summed E-state index contributed by atoms with van der Waals surface area (Å²) in [5.41, 5.74) is 3.16. The highest BCUT2D eigenvalue weighted by Gasteiger charge is 2.63. The number of nitrogens with one attached hydrogen (secondary N) is 3. The zero-order valence-corrected chi connectivity index (χ0v) is 44.0. The molecular weight excluding hydrogens is 933 g/mol. The monoisotopic (exact) mass is 1010 g/mol. The Morgan fingerprint density at radius 2 is 0.847 bits per heavy atom. The number of ether oxygens (including phenoxy) is 4. The Balaban J connectivity index is 0.000000177. The van der Waals surface area contributed by atoms with Gasteiger partial charge in [0.2, 0.25) is 11.8 Å². The number of rotatable bonds is 6. The van der Waals surface area contributed by atoms with Crippen molar-refractivity contribution in [2.24, 2.45) is 76.7 Å². The van der Waals surface area contributed by atoms with Crippen LogP contribution in [0.25, 0.3) is 0 Å². The molecule has 0 spiro atoms. The summed E-state index contributed by atoms with van der Waals surface area (Å²) < 4.78 is 20.8. The average molecular weight is 1010 g/mol. The van der Waals surface area contributed by atoms with E-state index in [4.69, 9.17) is 24.7 Å². The number of amides is 6. The number of nitrogens with two attached hydrogens (primary N) is 1. The van der Waals surface area contributed by atoms with E-state index in [1.54, 1.807) is 62.3 Å². The Kier molecular flexibility index (Phi) is 16.8. The molecule has 1 heterocycles. The van der Waals surface area contributed by atoms with Gasteiger partial charge >= 0.3 is 30.3 Å². The second-order valence-electron chi connectivity index (χ2n) is 24.2. The number of carbonyl (C=O) groups excluding carboxylic acids is 7. The topological polar surface area (TPSA) is 319 Å². The molecule has 1 saturated heterocycles. The summed E-state index contributed by atoms with van der Waals surface area (Å²) in [6, 6.07) is -0.938. The molecule has 400 valence electrons.